The topological polar surface area (TPSA) is 92.9 Å². The normalized spacial score (nSPS) is 15.6. The molecule has 1 fully saturated rings. The molecule has 1 aromatic carbocycles. The first-order valence-corrected chi connectivity index (χ1v) is 7.11. The Morgan fingerprint density at radius 3 is 2.26 bits per heavy atom. The zero-order valence-corrected chi connectivity index (χ0v) is 12.1. The van der Waals surface area contributed by atoms with Crippen molar-refractivity contribution in [1.29, 1.82) is 0 Å². The molecule has 0 spiro atoms. The summed E-state index contributed by atoms with van der Waals surface area (Å²) in [6.07, 6.45) is 4.57. The van der Waals surface area contributed by atoms with Crippen LogP contribution in [0, 0.1) is 11.6 Å². The Bertz CT molecular complexity index is 711. The molecule has 1 amide bonds. The number of nitrogens with one attached hydrogen (secondary N) is 2. The molecule has 0 atom stereocenters. The number of aromatic nitrogens is 2. The smallest absolute Gasteiger partial charge is 0.268 e. The molecule has 120 valence electrons. The quantitative estimate of drug-likeness (QED) is 0.454. The van der Waals surface area contributed by atoms with Crippen molar-refractivity contribution in [1.82, 2.24) is 15.4 Å². The highest BCUT2D eigenvalue weighted by Gasteiger charge is 2.43. The van der Waals surface area contributed by atoms with Crippen LogP contribution in [-0.2, 0) is 5.54 Å². The number of benzene rings is 1. The third kappa shape index (κ3) is 2.72. The summed E-state index contributed by atoms with van der Waals surface area (Å²) in [5, 5.41) is 3.01. The van der Waals surface area contributed by atoms with E-state index in [9.17, 15) is 13.6 Å². The van der Waals surface area contributed by atoms with Crippen LogP contribution in [0.25, 0.3) is 0 Å². The molecule has 0 saturated heterocycles. The van der Waals surface area contributed by atoms with Gasteiger partial charge in [-0.25, -0.2) is 24.6 Å². The van der Waals surface area contributed by atoms with Crippen LogP contribution in [0.4, 0.5) is 14.7 Å². The summed E-state index contributed by atoms with van der Waals surface area (Å²) >= 11 is 0. The minimum absolute atomic E-state index is 0.00127. The molecule has 23 heavy (non-hydrogen) atoms. The summed E-state index contributed by atoms with van der Waals surface area (Å²) in [5.41, 5.74) is 1.30. The summed E-state index contributed by atoms with van der Waals surface area (Å²) in [6, 6.07) is 3.79. The van der Waals surface area contributed by atoms with Crippen LogP contribution in [0.1, 0.15) is 35.2 Å². The van der Waals surface area contributed by atoms with Crippen molar-refractivity contribution in [3.63, 3.8) is 0 Å². The Kier molecular flexibility index (Phi) is 3.91. The van der Waals surface area contributed by atoms with E-state index >= 15 is 0 Å². The van der Waals surface area contributed by atoms with Crippen LogP contribution in [-0.4, -0.2) is 15.9 Å². The summed E-state index contributed by atoms with van der Waals surface area (Å²) in [6.45, 7) is 0. The monoisotopic (exact) mass is 319 g/mol. The number of nitrogen functional groups attached to an aromatic ring is 1. The molecule has 1 aliphatic carbocycles. The van der Waals surface area contributed by atoms with Gasteiger partial charge < -0.3 is 5.32 Å². The van der Waals surface area contributed by atoms with Gasteiger partial charge in [0.05, 0.1) is 11.1 Å². The van der Waals surface area contributed by atoms with Crippen molar-refractivity contribution >= 4 is 11.9 Å². The summed E-state index contributed by atoms with van der Waals surface area (Å²) in [7, 11) is 0. The molecule has 0 aliphatic heterocycles. The van der Waals surface area contributed by atoms with Gasteiger partial charge in [-0.05, 0) is 31.4 Å². The molecule has 1 saturated carbocycles. The largest absolute Gasteiger partial charge is 0.344 e. The van der Waals surface area contributed by atoms with E-state index in [1.807, 2.05) is 5.43 Å². The third-order valence-electron chi connectivity index (χ3n) is 4.04. The zero-order chi connectivity index (χ0) is 16.4. The number of rotatable bonds is 4. The van der Waals surface area contributed by atoms with E-state index in [1.165, 1.54) is 30.6 Å². The lowest BCUT2D eigenvalue weighted by molar-refractivity contribution is 0.0953. The molecular weight excluding hydrogens is 304 g/mol. The van der Waals surface area contributed by atoms with Crippen LogP contribution in [0.5, 0.6) is 0 Å². The van der Waals surface area contributed by atoms with Gasteiger partial charge >= 0.3 is 0 Å². The number of nitrogens with zero attached hydrogens (tertiary/aromatic N) is 2. The van der Waals surface area contributed by atoms with Gasteiger partial charge in [-0.3, -0.25) is 10.2 Å². The van der Waals surface area contributed by atoms with Crippen molar-refractivity contribution in [3.05, 3.63) is 53.4 Å². The van der Waals surface area contributed by atoms with Crippen molar-refractivity contribution in [2.24, 2.45) is 5.84 Å². The maximum absolute atomic E-state index is 14.1. The Morgan fingerprint density at radius 1 is 1.17 bits per heavy atom. The molecule has 4 N–H and O–H groups in total. The molecule has 0 unspecified atom stereocenters. The molecule has 3 rings (SSSR count). The number of amides is 1. The first-order valence-electron chi connectivity index (χ1n) is 7.11. The molecule has 0 radical (unpaired) electrons. The Labute approximate surface area is 131 Å². The maximum atomic E-state index is 14.1. The lowest BCUT2D eigenvalue weighted by Crippen LogP contribution is -2.44. The minimum Gasteiger partial charge on any atom is -0.344 e. The predicted octanol–water partition coefficient (Wildman–Crippen LogP) is 1.85. The molecule has 6 nitrogen and oxygen atoms in total. The molecule has 8 heteroatoms. The van der Waals surface area contributed by atoms with Crippen molar-refractivity contribution in [2.75, 3.05) is 5.32 Å². The van der Waals surface area contributed by atoms with Crippen molar-refractivity contribution in [2.45, 2.75) is 24.8 Å². The van der Waals surface area contributed by atoms with Crippen LogP contribution in [0.15, 0.2) is 30.6 Å². The number of halogens is 2. The predicted molar refractivity (Wildman–Crippen MR) is 79.2 cm³/mol. The number of hydrogen-bond acceptors (Lipinski definition) is 5. The maximum Gasteiger partial charge on any atom is 0.268 e. The fourth-order valence-electron chi connectivity index (χ4n) is 2.73. The first kappa shape index (κ1) is 15.3. The van der Waals surface area contributed by atoms with Gasteiger partial charge in [-0.1, -0.05) is 6.07 Å². The molecule has 0 bridgehead atoms. The van der Waals surface area contributed by atoms with Gasteiger partial charge in [-0.2, -0.15) is 0 Å². The molecular formula is C15H15F2N5O. The molecule has 2 aromatic rings. The Morgan fingerprint density at radius 2 is 1.78 bits per heavy atom. The number of carbonyl (C=O) groups is 1. The Balaban J connectivity index is 1.89. The second kappa shape index (κ2) is 5.88. The second-order valence-corrected chi connectivity index (χ2v) is 5.43. The van der Waals surface area contributed by atoms with Crippen LogP contribution >= 0.6 is 0 Å². The average Bonchev–Trinajstić information content (AvgIpc) is 2.52. The van der Waals surface area contributed by atoms with Gasteiger partial charge in [0, 0.05) is 18.0 Å². The summed E-state index contributed by atoms with van der Waals surface area (Å²) < 4.78 is 28.2. The summed E-state index contributed by atoms with van der Waals surface area (Å²) in [4.78, 5) is 19.4. The van der Waals surface area contributed by atoms with Crippen molar-refractivity contribution < 1.29 is 13.6 Å². The number of hydrogen-bond donors (Lipinski definition) is 3. The van der Waals surface area contributed by atoms with Gasteiger partial charge in [-0.15, -0.1) is 0 Å². The van der Waals surface area contributed by atoms with Gasteiger partial charge in [0.1, 0.15) is 11.6 Å². The van der Waals surface area contributed by atoms with E-state index in [4.69, 9.17) is 5.84 Å². The summed E-state index contributed by atoms with van der Waals surface area (Å²) in [5.74, 6) is 3.51. The van der Waals surface area contributed by atoms with E-state index in [-0.39, 0.29) is 17.1 Å². The molecule has 1 aliphatic rings. The van der Waals surface area contributed by atoms with Crippen molar-refractivity contribution in [3.8, 4) is 0 Å². The van der Waals surface area contributed by atoms with Gasteiger partial charge in [0.25, 0.3) is 5.91 Å². The second-order valence-electron chi connectivity index (χ2n) is 5.43. The highest BCUT2D eigenvalue weighted by atomic mass is 19.1. The first-order chi connectivity index (χ1) is 11.1. The lowest BCUT2D eigenvalue weighted by atomic mass is 9.71. The van der Waals surface area contributed by atoms with Gasteiger partial charge in [0.15, 0.2) is 0 Å². The van der Waals surface area contributed by atoms with Crippen LogP contribution < -0.4 is 16.6 Å². The number of carbonyl (C=O) groups excluding carboxylic acids is 1. The highest BCUT2D eigenvalue weighted by Crippen LogP contribution is 2.45. The standard InChI is InChI=1S/C15H15F2N5O/c16-10-3-1-4-11(17)12(10)15(5-2-6-15)21-14-19-7-9(8-20-14)13(23)22-18/h1,3-4,7-8H,2,5-6,18H2,(H,22,23)(H,19,20,21). The zero-order valence-electron chi connectivity index (χ0n) is 12.1. The van der Waals surface area contributed by atoms with E-state index in [0.717, 1.165) is 6.42 Å². The minimum atomic E-state index is -0.868. The van der Waals surface area contributed by atoms with E-state index in [0.29, 0.717) is 12.8 Å². The lowest BCUT2D eigenvalue weighted by Gasteiger charge is -2.43. The number of hydrazine groups is 1. The molecule has 1 heterocycles. The van der Waals surface area contributed by atoms with Crippen LogP contribution in [0.2, 0.25) is 0 Å². The molecule has 1 aromatic heterocycles. The van der Waals surface area contributed by atoms with E-state index in [1.54, 1.807) is 0 Å². The third-order valence-corrected chi connectivity index (χ3v) is 4.04. The SMILES string of the molecule is NNC(=O)c1cnc(NC2(c3c(F)cccc3F)CCC2)nc1. The highest BCUT2D eigenvalue weighted by molar-refractivity contribution is 5.93. The van der Waals surface area contributed by atoms with E-state index < -0.39 is 23.1 Å². The Hall–Kier alpha value is -2.61. The number of anilines is 1. The van der Waals surface area contributed by atoms with Gasteiger partial charge in [0.2, 0.25) is 5.95 Å². The average molecular weight is 319 g/mol. The number of nitrogens with two attached hydrogens (primary N) is 1. The fourth-order valence-corrected chi connectivity index (χ4v) is 2.73. The van der Waals surface area contributed by atoms with E-state index in [2.05, 4.69) is 15.3 Å². The fraction of sp³-hybridized carbons (Fsp3) is 0.267. The van der Waals surface area contributed by atoms with Crippen LogP contribution in [0.3, 0.4) is 0 Å².